The van der Waals surface area contributed by atoms with E-state index in [1.165, 1.54) is 41.9 Å². The van der Waals surface area contributed by atoms with E-state index in [9.17, 15) is 18.0 Å². The van der Waals surface area contributed by atoms with Crippen LogP contribution in [0.5, 0.6) is 5.88 Å². The molecule has 1 aliphatic rings. The van der Waals surface area contributed by atoms with E-state index in [0.29, 0.717) is 11.3 Å². The Kier molecular flexibility index (Phi) is 8.30. The van der Waals surface area contributed by atoms with Gasteiger partial charge in [-0.15, -0.1) is 11.3 Å². The minimum absolute atomic E-state index is 0.0423. The summed E-state index contributed by atoms with van der Waals surface area (Å²) in [6.07, 6.45) is 1.80. The Morgan fingerprint density at radius 3 is 2.62 bits per heavy atom. The van der Waals surface area contributed by atoms with E-state index in [4.69, 9.17) is 9.47 Å². The lowest BCUT2D eigenvalue weighted by atomic mass is 9.73. The summed E-state index contributed by atoms with van der Waals surface area (Å²) < 4.78 is 40.0. The number of sulfonamides is 1. The largest absolute Gasteiger partial charge is 0.472 e. The number of carbonyl (C=O) groups excluding carboxylic acids is 2. The molecule has 3 heterocycles. The predicted molar refractivity (Wildman–Crippen MR) is 150 cm³/mol. The summed E-state index contributed by atoms with van der Waals surface area (Å²) in [5.74, 6) is -0.718. The summed E-state index contributed by atoms with van der Waals surface area (Å²) in [4.78, 5) is 30.7. The maximum absolute atomic E-state index is 13.7. The van der Waals surface area contributed by atoms with Gasteiger partial charge in [0, 0.05) is 23.5 Å². The predicted octanol–water partition coefficient (Wildman–Crippen LogP) is 5.35. The molecular weight excluding hydrogens is 536 g/mol. The Morgan fingerprint density at radius 1 is 1.23 bits per heavy atom. The number of fused-ring (bicyclic) bond motifs is 1. The van der Waals surface area contributed by atoms with Crippen molar-refractivity contribution in [1.29, 1.82) is 0 Å². The highest BCUT2D eigenvalue weighted by atomic mass is 32.2. The summed E-state index contributed by atoms with van der Waals surface area (Å²) >= 11 is 1.36. The van der Waals surface area contributed by atoms with Gasteiger partial charge in [0.1, 0.15) is 11.0 Å². The topological polar surface area (TPSA) is 103 Å². The smallest absolute Gasteiger partial charge is 0.312 e. The highest BCUT2D eigenvalue weighted by molar-refractivity contribution is 7.89. The van der Waals surface area contributed by atoms with Crippen molar-refractivity contribution in [1.82, 2.24) is 9.29 Å². The van der Waals surface area contributed by atoms with E-state index in [1.54, 1.807) is 12.1 Å². The van der Waals surface area contributed by atoms with E-state index < -0.39 is 21.4 Å². The van der Waals surface area contributed by atoms with Crippen LogP contribution in [0.2, 0.25) is 0 Å². The second kappa shape index (κ2) is 11.2. The number of thiophene rings is 1. The first-order valence-electron chi connectivity index (χ1n) is 12.8. The van der Waals surface area contributed by atoms with Gasteiger partial charge in [-0.05, 0) is 75.1 Å². The number of hydrogen-bond acceptors (Lipinski definition) is 8. The Hall–Kier alpha value is -3.08. The number of carbonyl (C=O) groups is 2. The number of pyridine rings is 1. The van der Waals surface area contributed by atoms with Gasteiger partial charge in [-0.2, -0.15) is 4.31 Å². The molecule has 10 heteroatoms. The molecule has 39 heavy (non-hydrogen) atoms. The quantitative estimate of drug-likeness (QED) is 0.266. The van der Waals surface area contributed by atoms with Gasteiger partial charge in [0.2, 0.25) is 15.9 Å². The van der Waals surface area contributed by atoms with Gasteiger partial charge >= 0.3 is 5.97 Å². The van der Waals surface area contributed by atoms with Crippen molar-refractivity contribution in [3.05, 3.63) is 75.1 Å². The van der Waals surface area contributed by atoms with Gasteiger partial charge in [0.25, 0.3) is 0 Å². The minimum Gasteiger partial charge on any atom is -0.472 e. The number of Topliss-reactive ketones (excluding diaryl/α,β-unsaturated/α-hetero) is 1. The molecule has 0 N–H and O–H groups in total. The fourth-order valence-corrected chi connectivity index (χ4v) is 7.67. The number of ether oxygens (including phenoxy) is 2. The molecule has 0 aliphatic carbocycles. The van der Waals surface area contributed by atoms with Crippen molar-refractivity contribution < 1.29 is 27.5 Å². The van der Waals surface area contributed by atoms with Crippen LogP contribution < -0.4 is 4.74 Å². The zero-order valence-corrected chi connectivity index (χ0v) is 24.7. The number of aryl methyl sites for hydroxylation is 1. The molecule has 208 valence electrons. The maximum atomic E-state index is 13.7. The molecule has 1 aliphatic heterocycles. The lowest BCUT2D eigenvalue weighted by Gasteiger charge is -2.32. The Morgan fingerprint density at radius 2 is 1.97 bits per heavy atom. The van der Waals surface area contributed by atoms with Gasteiger partial charge in [0.05, 0.1) is 23.9 Å². The summed E-state index contributed by atoms with van der Waals surface area (Å²) in [7, 11) is -2.52. The second-order valence-corrected chi connectivity index (χ2v) is 13.4. The molecule has 1 aromatic carbocycles. The third-order valence-electron chi connectivity index (χ3n) is 7.24. The number of aromatic nitrogens is 1. The van der Waals surface area contributed by atoms with Crippen LogP contribution >= 0.6 is 11.3 Å². The van der Waals surface area contributed by atoms with Crippen LogP contribution in [-0.2, 0) is 26.1 Å². The molecule has 2 atom stereocenters. The van der Waals surface area contributed by atoms with Crippen LogP contribution in [0.15, 0.2) is 53.6 Å². The van der Waals surface area contributed by atoms with E-state index >= 15 is 0 Å². The molecule has 0 fully saturated rings. The van der Waals surface area contributed by atoms with Gasteiger partial charge in [-0.25, -0.2) is 13.4 Å². The first-order chi connectivity index (χ1) is 18.4. The third-order valence-corrected chi connectivity index (χ3v) is 10.3. The highest BCUT2D eigenvalue weighted by Crippen LogP contribution is 2.45. The van der Waals surface area contributed by atoms with Crippen molar-refractivity contribution in [2.45, 2.75) is 64.5 Å². The van der Waals surface area contributed by atoms with Crippen LogP contribution in [0.25, 0.3) is 0 Å². The van der Waals surface area contributed by atoms with Crippen molar-refractivity contribution in [2.75, 3.05) is 13.7 Å². The van der Waals surface area contributed by atoms with E-state index in [1.807, 2.05) is 52.0 Å². The summed E-state index contributed by atoms with van der Waals surface area (Å²) in [6.45, 7) is 9.36. The first-order valence-corrected chi connectivity index (χ1v) is 15.1. The maximum Gasteiger partial charge on any atom is 0.312 e. The summed E-state index contributed by atoms with van der Waals surface area (Å²) in [6, 6.07) is 12.6. The second-order valence-electron chi connectivity index (χ2n) is 10.3. The zero-order chi connectivity index (χ0) is 28.5. The third kappa shape index (κ3) is 5.64. The van der Waals surface area contributed by atoms with Crippen LogP contribution in [-0.4, -0.2) is 49.2 Å². The molecule has 0 saturated heterocycles. The average Bonchev–Trinajstić information content (AvgIpc) is 3.35. The van der Waals surface area contributed by atoms with Crippen LogP contribution in [0.3, 0.4) is 0 Å². The molecule has 0 amide bonds. The summed E-state index contributed by atoms with van der Waals surface area (Å²) in [5.41, 5.74) is 1.61. The number of methoxy groups -OCH3 is 1. The van der Waals surface area contributed by atoms with Gasteiger partial charge < -0.3 is 9.47 Å². The molecule has 0 spiro atoms. The van der Waals surface area contributed by atoms with E-state index in [0.717, 1.165) is 21.6 Å². The molecule has 1 unspecified atom stereocenters. The lowest BCUT2D eigenvalue weighted by molar-refractivity contribution is -0.151. The standard InChI is InChI=1S/C29H34N2O6S2/c1-7-22-17-31(39(34,35)25-9-8-14-30-27(25)37-22)16-21-15-20(11-10-18(21)2)26(29(4,5)28(33)36-6)24-13-12-23(38-24)19(3)32/h8-15,22,26H,7,16-17H2,1-6H3/t22-,26?/m1/s1. The summed E-state index contributed by atoms with van der Waals surface area (Å²) in [5, 5.41) is 0. The zero-order valence-electron chi connectivity index (χ0n) is 23.1. The van der Waals surface area contributed by atoms with Crippen LogP contribution in [0, 0.1) is 12.3 Å². The highest BCUT2D eigenvalue weighted by Gasteiger charge is 2.41. The SMILES string of the molecule is CC[C@@H]1CN(Cc2cc(C(c3ccc(C(C)=O)s3)C(C)(C)C(=O)OC)ccc2C)S(=O)(=O)c2cccnc2O1. The molecule has 3 aromatic rings. The molecule has 0 saturated carbocycles. The fourth-order valence-electron chi connectivity index (χ4n) is 4.93. The molecule has 4 rings (SSSR count). The Labute approximate surface area is 234 Å². The number of esters is 1. The number of hydrogen-bond donors (Lipinski definition) is 0. The number of benzene rings is 1. The molecular formula is C29H34N2O6S2. The molecule has 0 radical (unpaired) electrons. The number of nitrogens with zero attached hydrogens (tertiary/aromatic N) is 2. The Balaban J connectivity index is 1.80. The van der Waals surface area contributed by atoms with Gasteiger partial charge in [0.15, 0.2) is 5.78 Å². The van der Waals surface area contributed by atoms with Gasteiger partial charge in [-0.1, -0.05) is 25.1 Å². The van der Waals surface area contributed by atoms with Crippen LogP contribution in [0.1, 0.15) is 71.3 Å². The number of ketones is 1. The first kappa shape index (κ1) is 28.9. The van der Waals surface area contributed by atoms with E-state index in [2.05, 4.69) is 4.98 Å². The van der Waals surface area contributed by atoms with E-state index in [-0.39, 0.29) is 41.7 Å². The molecule has 8 nitrogen and oxygen atoms in total. The minimum atomic E-state index is -3.88. The molecule has 2 aromatic heterocycles. The average molecular weight is 571 g/mol. The number of rotatable bonds is 8. The van der Waals surface area contributed by atoms with Crippen molar-refractivity contribution in [3.8, 4) is 5.88 Å². The lowest BCUT2D eigenvalue weighted by Crippen LogP contribution is -2.36. The fraction of sp³-hybridized carbons (Fsp3) is 0.414. The van der Waals surface area contributed by atoms with Crippen molar-refractivity contribution in [2.24, 2.45) is 5.41 Å². The Bertz CT molecular complexity index is 1490. The monoisotopic (exact) mass is 570 g/mol. The normalized spacial score (nSPS) is 17.9. The van der Waals surface area contributed by atoms with Crippen molar-refractivity contribution >= 4 is 33.1 Å². The van der Waals surface area contributed by atoms with Crippen molar-refractivity contribution in [3.63, 3.8) is 0 Å². The molecule has 0 bridgehead atoms. The van der Waals surface area contributed by atoms with Gasteiger partial charge in [-0.3, -0.25) is 9.59 Å². The van der Waals surface area contributed by atoms with Crippen LogP contribution in [0.4, 0.5) is 0 Å².